The fourth-order valence-corrected chi connectivity index (χ4v) is 2.60. The number of fused-ring (bicyclic) bond motifs is 1. The van der Waals surface area contributed by atoms with Crippen LogP contribution in [-0.4, -0.2) is 25.2 Å². The molecule has 7 heteroatoms. The third-order valence-corrected chi connectivity index (χ3v) is 4.12. The van der Waals surface area contributed by atoms with Gasteiger partial charge in [0.1, 0.15) is 5.75 Å². The van der Waals surface area contributed by atoms with Crippen LogP contribution in [0.3, 0.4) is 0 Å². The van der Waals surface area contributed by atoms with E-state index in [1.54, 1.807) is 0 Å². The molecule has 3 rings (SSSR count). The van der Waals surface area contributed by atoms with E-state index in [0.29, 0.717) is 23.7 Å². The number of hydrogen-bond donors (Lipinski definition) is 2. The van der Waals surface area contributed by atoms with Gasteiger partial charge >= 0.3 is 0 Å². The van der Waals surface area contributed by atoms with Gasteiger partial charge in [-0.2, -0.15) is 0 Å². The third kappa shape index (κ3) is 5.13. The van der Waals surface area contributed by atoms with Crippen molar-refractivity contribution in [3.8, 4) is 17.2 Å². The van der Waals surface area contributed by atoms with Crippen LogP contribution < -0.4 is 25.1 Å². The highest BCUT2D eigenvalue weighted by molar-refractivity contribution is 5.82. The van der Waals surface area contributed by atoms with Gasteiger partial charge in [-0.3, -0.25) is 20.4 Å². The Morgan fingerprint density at radius 2 is 1.78 bits per heavy atom. The van der Waals surface area contributed by atoms with Crippen LogP contribution in [-0.2, 0) is 16.0 Å². The second-order valence-corrected chi connectivity index (χ2v) is 6.34. The van der Waals surface area contributed by atoms with Gasteiger partial charge in [0.05, 0.1) is 0 Å². The molecule has 1 aliphatic heterocycles. The zero-order chi connectivity index (χ0) is 19.2. The number of carbonyl (C=O) groups excluding carboxylic acids is 2. The minimum Gasteiger partial charge on any atom is -0.483 e. The van der Waals surface area contributed by atoms with Crippen molar-refractivity contribution < 1.29 is 23.8 Å². The Morgan fingerprint density at radius 1 is 1.00 bits per heavy atom. The van der Waals surface area contributed by atoms with Crippen molar-refractivity contribution in [1.29, 1.82) is 0 Å². The molecule has 2 amide bonds. The molecule has 0 atom stereocenters. The first-order chi connectivity index (χ1) is 13.0. The van der Waals surface area contributed by atoms with Gasteiger partial charge in [-0.05, 0) is 55.2 Å². The molecule has 0 aromatic heterocycles. The summed E-state index contributed by atoms with van der Waals surface area (Å²) in [7, 11) is 0. The predicted octanol–water partition coefficient (Wildman–Crippen LogP) is 2.19. The first-order valence-electron chi connectivity index (χ1n) is 8.67. The zero-order valence-electron chi connectivity index (χ0n) is 15.3. The van der Waals surface area contributed by atoms with Crippen molar-refractivity contribution in [3.05, 3.63) is 53.1 Å². The lowest BCUT2D eigenvalue weighted by atomic mass is 10.1. The van der Waals surface area contributed by atoms with E-state index in [9.17, 15) is 9.59 Å². The summed E-state index contributed by atoms with van der Waals surface area (Å²) in [6.45, 7) is 3.90. The Kier molecular flexibility index (Phi) is 5.80. The number of hydrogen-bond acceptors (Lipinski definition) is 5. The molecule has 142 valence electrons. The van der Waals surface area contributed by atoms with Crippen molar-refractivity contribution in [1.82, 2.24) is 10.9 Å². The molecule has 2 N–H and O–H groups in total. The molecule has 2 aromatic rings. The van der Waals surface area contributed by atoms with Gasteiger partial charge in [0, 0.05) is 6.42 Å². The molecule has 7 nitrogen and oxygen atoms in total. The summed E-state index contributed by atoms with van der Waals surface area (Å²) in [6, 6.07) is 11.3. The SMILES string of the molecule is Cc1ccc(C)c(OCC(=O)NNC(=O)CCc2ccc3c(c2)OCO3)c1. The quantitative estimate of drug-likeness (QED) is 0.762. The van der Waals surface area contributed by atoms with Crippen LogP contribution in [0.5, 0.6) is 17.2 Å². The Morgan fingerprint density at radius 3 is 2.63 bits per heavy atom. The van der Waals surface area contributed by atoms with Crippen molar-refractivity contribution >= 4 is 11.8 Å². The molecule has 1 aliphatic rings. The van der Waals surface area contributed by atoms with E-state index in [1.165, 1.54) is 0 Å². The van der Waals surface area contributed by atoms with Gasteiger partial charge in [0.25, 0.3) is 5.91 Å². The molecule has 0 saturated heterocycles. The monoisotopic (exact) mass is 370 g/mol. The average molecular weight is 370 g/mol. The topological polar surface area (TPSA) is 85.9 Å². The fraction of sp³-hybridized carbons (Fsp3) is 0.300. The number of aryl methyl sites for hydroxylation is 3. The summed E-state index contributed by atoms with van der Waals surface area (Å²) >= 11 is 0. The van der Waals surface area contributed by atoms with Gasteiger partial charge in [-0.1, -0.05) is 18.2 Å². The largest absolute Gasteiger partial charge is 0.483 e. The maximum atomic E-state index is 11.9. The van der Waals surface area contributed by atoms with Gasteiger partial charge in [0.15, 0.2) is 18.1 Å². The molecule has 1 heterocycles. The summed E-state index contributed by atoms with van der Waals surface area (Å²) in [5, 5.41) is 0. The second-order valence-electron chi connectivity index (χ2n) is 6.34. The second kappa shape index (κ2) is 8.44. The molecule has 0 aliphatic carbocycles. The van der Waals surface area contributed by atoms with Crippen molar-refractivity contribution in [2.24, 2.45) is 0 Å². The van der Waals surface area contributed by atoms with E-state index in [0.717, 1.165) is 16.7 Å². The van der Waals surface area contributed by atoms with Crippen LogP contribution in [0.4, 0.5) is 0 Å². The highest BCUT2D eigenvalue weighted by Gasteiger charge is 2.14. The minimum absolute atomic E-state index is 0.174. The molecule has 0 saturated carbocycles. The average Bonchev–Trinajstić information content (AvgIpc) is 3.13. The van der Waals surface area contributed by atoms with Crippen molar-refractivity contribution in [2.75, 3.05) is 13.4 Å². The first-order valence-corrected chi connectivity index (χ1v) is 8.67. The Labute approximate surface area is 157 Å². The predicted molar refractivity (Wildman–Crippen MR) is 98.6 cm³/mol. The molecule has 0 fully saturated rings. The van der Waals surface area contributed by atoms with Crippen LogP contribution in [0.1, 0.15) is 23.1 Å². The molecule has 27 heavy (non-hydrogen) atoms. The lowest BCUT2D eigenvalue weighted by Gasteiger charge is -2.11. The number of nitrogens with one attached hydrogen (secondary N) is 2. The Bertz CT molecular complexity index is 850. The molecule has 0 spiro atoms. The minimum atomic E-state index is -0.424. The Balaban J connectivity index is 1.38. The van der Waals surface area contributed by atoms with E-state index in [2.05, 4.69) is 10.9 Å². The number of ether oxygens (including phenoxy) is 3. The van der Waals surface area contributed by atoms with Crippen molar-refractivity contribution in [2.45, 2.75) is 26.7 Å². The molecule has 2 aromatic carbocycles. The van der Waals surface area contributed by atoms with Crippen LogP contribution in [0.25, 0.3) is 0 Å². The number of benzene rings is 2. The van der Waals surface area contributed by atoms with Gasteiger partial charge < -0.3 is 14.2 Å². The van der Waals surface area contributed by atoms with Crippen LogP contribution in [0.2, 0.25) is 0 Å². The van der Waals surface area contributed by atoms with Gasteiger partial charge in [-0.25, -0.2) is 0 Å². The summed E-state index contributed by atoms with van der Waals surface area (Å²) in [5.74, 6) is 1.34. The van der Waals surface area contributed by atoms with Crippen LogP contribution in [0.15, 0.2) is 36.4 Å². The van der Waals surface area contributed by atoms with E-state index < -0.39 is 5.91 Å². The first kappa shape index (κ1) is 18.6. The highest BCUT2D eigenvalue weighted by Crippen LogP contribution is 2.32. The normalized spacial score (nSPS) is 11.8. The zero-order valence-corrected chi connectivity index (χ0v) is 15.3. The summed E-state index contributed by atoms with van der Waals surface area (Å²) < 4.78 is 16.1. The lowest BCUT2D eigenvalue weighted by Crippen LogP contribution is -2.43. The summed E-state index contributed by atoms with van der Waals surface area (Å²) in [5.41, 5.74) is 7.70. The number of carbonyl (C=O) groups is 2. The maximum absolute atomic E-state index is 11.9. The maximum Gasteiger partial charge on any atom is 0.276 e. The smallest absolute Gasteiger partial charge is 0.276 e. The molecular formula is C20H22N2O5. The molecule has 0 radical (unpaired) electrons. The van der Waals surface area contributed by atoms with E-state index >= 15 is 0 Å². The summed E-state index contributed by atoms with van der Waals surface area (Å²) in [6.07, 6.45) is 0.759. The third-order valence-electron chi connectivity index (χ3n) is 4.12. The lowest BCUT2D eigenvalue weighted by molar-refractivity contribution is -0.130. The van der Waals surface area contributed by atoms with Crippen molar-refractivity contribution in [3.63, 3.8) is 0 Å². The highest BCUT2D eigenvalue weighted by atomic mass is 16.7. The van der Waals surface area contributed by atoms with E-state index in [1.807, 2.05) is 50.2 Å². The molecule has 0 bridgehead atoms. The Hall–Kier alpha value is -3.22. The summed E-state index contributed by atoms with van der Waals surface area (Å²) in [4.78, 5) is 23.7. The number of rotatable bonds is 6. The van der Waals surface area contributed by atoms with E-state index in [4.69, 9.17) is 14.2 Å². The van der Waals surface area contributed by atoms with Gasteiger partial charge in [-0.15, -0.1) is 0 Å². The molecular weight excluding hydrogens is 348 g/mol. The number of hydrazine groups is 1. The fourth-order valence-electron chi connectivity index (χ4n) is 2.60. The van der Waals surface area contributed by atoms with Gasteiger partial charge in [0.2, 0.25) is 12.7 Å². The number of amides is 2. The van der Waals surface area contributed by atoms with Crippen LogP contribution in [0, 0.1) is 13.8 Å². The molecule has 0 unspecified atom stereocenters. The van der Waals surface area contributed by atoms with Crippen LogP contribution >= 0.6 is 0 Å². The van der Waals surface area contributed by atoms with E-state index in [-0.39, 0.29) is 25.7 Å². The standard InChI is InChI=1S/C20H22N2O5/c1-13-3-4-14(2)17(9-13)25-11-20(24)22-21-19(23)8-6-15-5-7-16-18(10-15)27-12-26-16/h3-5,7,9-10H,6,8,11-12H2,1-2H3,(H,21,23)(H,22,24).